The Labute approximate surface area is 95.5 Å². The molecule has 0 aliphatic carbocycles. The molecular formula is C12H17N3O. The first-order valence-corrected chi connectivity index (χ1v) is 5.86. The molecule has 0 saturated carbocycles. The second kappa shape index (κ2) is 5.70. The topological polar surface area (TPSA) is 54.9 Å². The number of hydrogen-bond acceptors (Lipinski definition) is 4. The van der Waals surface area contributed by atoms with Crippen molar-refractivity contribution in [1.29, 1.82) is 0 Å². The first-order chi connectivity index (χ1) is 7.86. The molecule has 0 aromatic carbocycles. The van der Waals surface area contributed by atoms with Crippen LogP contribution >= 0.6 is 0 Å². The van der Waals surface area contributed by atoms with Gasteiger partial charge in [0.25, 0.3) is 0 Å². The molecule has 4 nitrogen and oxygen atoms in total. The summed E-state index contributed by atoms with van der Waals surface area (Å²) in [6.45, 7) is 2.17. The molecule has 0 radical (unpaired) electrons. The lowest BCUT2D eigenvalue weighted by atomic mass is 9.93. The van der Waals surface area contributed by atoms with Crippen LogP contribution in [0.2, 0.25) is 0 Å². The monoisotopic (exact) mass is 219 g/mol. The maximum Gasteiger partial charge on any atom is 0.182 e. The second-order valence-electron chi connectivity index (χ2n) is 4.26. The minimum Gasteiger partial charge on any atom is -0.316 e. The van der Waals surface area contributed by atoms with Crippen molar-refractivity contribution in [1.82, 2.24) is 15.3 Å². The van der Waals surface area contributed by atoms with Crippen molar-refractivity contribution in [3.8, 4) is 0 Å². The van der Waals surface area contributed by atoms with E-state index in [0.717, 1.165) is 19.5 Å². The Balaban J connectivity index is 1.79. The number of piperidine rings is 1. The maximum absolute atomic E-state index is 11.8. The largest absolute Gasteiger partial charge is 0.316 e. The van der Waals surface area contributed by atoms with Gasteiger partial charge in [0, 0.05) is 18.8 Å². The average Bonchev–Trinajstić information content (AvgIpc) is 2.38. The third kappa shape index (κ3) is 3.10. The van der Waals surface area contributed by atoms with Gasteiger partial charge < -0.3 is 5.32 Å². The lowest BCUT2D eigenvalue weighted by molar-refractivity contribution is 0.0966. The Bertz CT molecular complexity index is 333. The number of carbonyl (C=O) groups is 1. The number of ketones is 1. The lowest BCUT2D eigenvalue weighted by Crippen LogP contribution is -2.30. The SMILES string of the molecule is O=C(CCC1CCCNC1)c1cnccn1. The molecule has 1 unspecified atom stereocenters. The summed E-state index contributed by atoms with van der Waals surface area (Å²) in [5, 5.41) is 3.36. The first kappa shape index (κ1) is 11.2. The van der Waals surface area contributed by atoms with E-state index in [4.69, 9.17) is 0 Å². The van der Waals surface area contributed by atoms with Crippen LogP contribution in [0.25, 0.3) is 0 Å². The second-order valence-corrected chi connectivity index (χ2v) is 4.26. The molecule has 86 valence electrons. The van der Waals surface area contributed by atoms with E-state index in [1.165, 1.54) is 12.8 Å². The summed E-state index contributed by atoms with van der Waals surface area (Å²) >= 11 is 0. The molecule has 0 amide bonds. The van der Waals surface area contributed by atoms with Gasteiger partial charge in [0.1, 0.15) is 5.69 Å². The van der Waals surface area contributed by atoms with Crippen LogP contribution in [0.4, 0.5) is 0 Å². The van der Waals surface area contributed by atoms with E-state index in [-0.39, 0.29) is 5.78 Å². The van der Waals surface area contributed by atoms with Crippen molar-refractivity contribution in [3.05, 3.63) is 24.3 Å². The molecule has 1 N–H and O–H groups in total. The van der Waals surface area contributed by atoms with E-state index < -0.39 is 0 Å². The van der Waals surface area contributed by atoms with Crippen LogP contribution in [0, 0.1) is 5.92 Å². The lowest BCUT2D eigenvalue weighted by Gasteiger charge is -2.22. The van der Waals surface area contributed by atoms with Gasteiger partial charge in [0.2, 0.25) is 0 Å². The van der Waals surface area contributed by atoms with Crippen molar-refractivity contribution in [2.75, 3.05) is 13.1 Å². The number of carbonyl (C=O) groups excluding carboxylic acids is 1. The van der Waals surface area contributed by atoms with Crippen LogP contribution in [-0.4, -0.2) is 28.8 Å². The van der Waals surface area contributed by atoms with Crippen molar-refractivity contribution in [2.45, 2.75) is 25.7 Å². The zero-order valence-corrected chi connectivity index (χ0v) is 9.35. The fraction of sp³-hybridized carbons (Fsp3) is 0.583. The number of nitrogens with one attached hydrogen (secondary N) is 1. The van der Waals surface area contributed by atoms with Gasteiger partial charge in [-0.3, -0.25) is 9.78 Å². The van der Waals surface area contributed by atoms with Crippen molar-refractivity contribution < 1.29 is 4.79 Å². The fourth-order valence-electron chi connectivity index (χ4n) is 2.08. The Kier molecular flexibility index (Phi) is 3.99. The van der Waals surface area contributed by atoms with Gasteiger partial charge in [0.05, 0.1) is 6.20 Å². The van der Waals surface area contributed by atoms with Gasteiger partial charge in [-0.1, -0.05) is 0 Å². The summed E-state index contributed by atoms with van der Waals surface area (Å²) in [7, 11) is 0. The number of hydrogen-bond donors (Lipinski definition) is 1. The van der Waals surface area contributed by atoms with Crippen LogP contribution in [0.1, 0.15) is 36.2 Å². The Hall–Kier alpha value is -1.29. The third-order valence-corrected chi connectivity index (χ3v) is 3.03. The predicted octanol–water partition coefficient (Wildman–Crippen LogP) is 1.44. The molecule has 1 atom stereocenters. The highest BCUT2D eigenvalue weighted by atomic mass is 16.1. The van der Waals surface area contributed by atoms with Gasteiger partial charge >= 0.3 is 0 Å². The van der Waals surface area contributed by atoms with Crippen LogP contribution in [0.3, 0.4) is 0 Å². The molecule has 2 rings (SSSR count). The van der Waals surface area contributed by atoms with Gasteiger partial charge in [0.15, 0.2) is 5.78 Å². The van der Waals surface area contributed by atoms with Crippen LogP contribution in [-0.2, 0) is 0 Å². The average molecular weight is 219 g/mol. The van der Waals surface area contributed by atoms with Crippen LogP contribution in [0.5, 0.6) is 0 Å². The molecule has 1 aliphatic rings. The fourth-order valence-corrected chi connectivity index (χ4v) is 2.08. The number of rotatable bonds is 4. The zero-order valence-electron chi connectivity index (χ0n) is 9.35. The van der Waals surface area contributed by atoms with Crippen molar-refractivity contribution >= 4 is 5.78 Å². The van der Waals surface area contributed by atoms with E-state index in [2.05, 4.69) is 15.3 Å². The van der Waals surface area contributed by atoms with Crippen molar-refractivity contribution in [3.63, 3.8) is 0 Å². The van der Waals surface area contributed by atoms with Gasteiger partial charge in [-0.05, 0) is 38.3 Å². The third-order valence-electron chi connectivity index (χ3n) is 3.03. The number of Topliss-reactive ketones (excluding diaryl/α,β-unsaturated/α-hetero) is 1. The highest BCUT2D eigenvalue weighted by molar-refractivity contribution is 5.93. The summed E-state index contributed by atoms with van der Waals surface area (Å²) in [4.78, 5) is 19.7. The molecule has 16 heavy (non-hydrogen) atoms. The van der Waals surface area contributed by atoms with E-state index in [1.807, 2.05) is 0 Å². The summed E-state index contributed by atoms with van der Waals surface area (Å²) in [6, 6.07) is 0. The Morgan fingerprint density at radius 1 is 1.50 bits per heavy atom. The molecule has 1 aromatic heterocycles. The van der Waals surface area contributed by atoms with E-state index in [0.29, 0.717) is 18.0 Å². The van der Waals surface area contributed by atoms with Gasteiger partial charge in [-0.2, -0.15) is 0 Å². The van der Waals surface area contributed by atoms with E-state index >= 15 is 0 Å². The summed E-state index contributed by atoms with van der Waals surface area (Å²) in [6.07, 6.45) is 8.71. The summed E-state index contributed by atoms with van der Waals surface area (Å²) < 4.78 is 0. The molecule has 4 heteroatoms. The number of aromatic nitrogens is 2. The minimum absolute atomic E-state index is 0.110. The smallest absolute Gasteiger partial charge is 0.182 e. The predicted molar refractivity (Wildman–Crippen MR) is 61.2 cm³/mol. The van der Waals surface area contributed by atoms with Gasteiger partial charge in [-0.15, -0.1) is 0 Å². The Morgan fingerprint density at radius 2 is 2.44 bits per heavy atom. The highest BCUT2D eigenvalue weighted by Crippen LogP contribution is 2.16. The van der Waals surface area contributed by atoms with E-state index in [9.17, 15) is 4.79 Å². The maximum atomic E-state index is 11.8. The van der Waals surface area contributed by atoms with Gasteiger partial charge in [-0.25, -0.2) is 4.98 Å². The molecule has 1 aliphatic heterocycles. The molecule has 2 heterocycles. The minimum atomic E-state index is 0.110. The van der Waals surface area contributed by atoms with Crippen LogP contribution < -0.4 is 5.32 Å². The molecule has 0 bridgehead atoms. The quantitative estimate of drug-likeness (QED) is 0.778. The normalized spacial score (nSPS) is 20.6. The van der Waals surface area contributed by atoms with Crippen molar-refractivity contribution in [2.24, 2.45) is 5.92 Å². The number of nitrogens with zero attached hydrogens (tertiary/aromatic N) is 2. The zero-order chi connectivity index (χ0) is 11.2. The Morgan fingerprint density at radius 3 is 3.12 bits per heavy atom. The summed E-state index contributed by atoms with van der Waals surface area (Å²) in [5.41, 5.74) is 0.492. The standard InChI is InChI=1S/C12H17N3O/c16-12(11-9-14-6-7-15-11)4-3-10-2-1-5-13-8-10/h6-7,9-10,13H,1-5,8H2. The molecule has 0 spiro atoms. The molecular weight excluding hydrogens is 202 g/mol. The summed E-state index contributed by atoms with van der Waals surface area (Å²) in [5.74, 6) is 0.757. The van der Waals surface area contributed by atoms with E-state index in [1.54, 1.807) is 18.6 Å². The highest BCUT2D eigenvalue weighted by Gasteiger charge is 2.15. The molecule has 1 aromatic rings. The molecule has 1 fully saturated rings. The molecule has 1 saturated heterocycles. The van der Waals surface area contributed by atoms with Crippen LogP contribution in [0.15, 0.2) is 18.6 Å². The first-order valence-electron chi connectivity index (χ1n) is 5.86.